The summed E-state index contributed by atoms with van der Waals surface area (Å²) in [5.74, 6) is -0.0825. The number of benzene rings is 2. The lowest BCUT2D eigenvalue weighted by Gasteiger charge is -2.13. The molecular weight excluding hydrogens is 418 g/mol. The minimum absolute atomic E-state index is 0.306. The van der Waals surface area contributed by atoms with Crippen molar-refractivity contribution in [2.75, 3.05) is 13.4 Å². The predicted molar refractivity (Wildman–Crippen MR) is 106 cm³/mol. The first-order valence-corrected chi connectivity index (χ1v) is 9.47. The first kappa shape index (κ1) is 19.8. The second kappa shape index (κ2) is 9.85. The van der Waals surface area contributed by atoms with E-state index in [1.807, 2.05) is 36.5 Å². The van der Waals surface area contributed by atoms with E-state index in [2.05, 4.69) is 26.2 Å². The van der Waals surface area contributed by atoms with Gasteiger partial charge >= 0.3 is 5.97 Å². The molecule has 0 spiro atoms. The summed E-state index contributed by atoms with van der Waals surface area (Å²) in [5, 5.41) is 11.7. The number of hydrogen-bond donors (Lipinski definition) is 1. The Morgan fingerprint density at radius 2 is 2.08 bits per heavy atom. The molecule has 0 radical (unpaired) electrons. The van der Waals surface area contributed by atoms with Crippen molar-refractivity contribution in [1.29, 1.82) is 5.26 Å². The Morgan fingerprint density at radius 3 is 2.69 bits per heavy atom. The number of carbonyl (C=O) groups excluding carboxylic acids is 1. The van der Waals surface area contributed by atoms with Crippen LogP contribution in [-0.4, -0.2) is 24.5 Å². The van der Waals surface area contributed by atoms with Gasteiger partial charge in [0, 0.05) is 4.47 Å². The van der Waals surface area contributed by atoms with Gasteiger partial charge in [0.15, 0.2) is 11.4 Å². The average molecular weight is 434 g/mol. The Bertz CT molecular complexity index is 851. The second-order valence-electron chi connectivity index (χ2n) is 4.93. The van der Waals surface area contributed by atoms with Gasteiger partial charge in [-0.1, -0.05) is 42.1 Å². The molecule has 2 aromatic carbocycles. The Balaban J connectivity index is 2.44. The van der Waals surface area contributed by atoms with Crippen molar-refractivity contribution in [2.45, 2.75) is 6.61 Å². The van der Waals surface area contributed by atoms with Gasteiger partial charge in [-0.15, -0.1) is 0 Å². The number of thioether (sulfide) groups is 1. The van der Waals surface area contributed by atoms with Crippen LogP contribution in [-0.2, 0) is 11.3 Å². The predicted octanol–water partition coefficient (Wildman–Crippen LogP) is 4.24. The highest BCUT2D eigenvalue weighted by molar-refractivity contribution is 9.10. The molecule has 134 valence electrons. The highest BCUT2D eigenvalue weighted by Gasteiger charge is 2.16. The topological polar surface area (TPSA) is 83.7 Å². The number of rotatable bonds is 5. The van der Waals surface area contributed by atoms with E-state index in [9.17, 15) is 4.79 Å². The zero-order chi connectivity index (χ0) is 18.9. The van der Waals surface area contributed by atoms with E-state index < -0.39 is 5.97 Å². The molecule has 8 heteroatoms. The lowest BCUT2D eigenvalue weighted by molar-refractivity contribution is 0.0600. The van der Waals surface area contributed by atoms with Gasteiger partial charge in [-0.3, -0.25) is 5.32 Å². The summed E-state index contributed by atoms with van der Waals surface area (Å²) in [6.07, 6.45) is 3.64. The van der Waals surface area contributed by atoms with E-state index in [-0.39, 0.29) is 0 Å². The van der Waals surface area contributed by atoms with Crippen LogP contribution >= 0.6 is 27.7 Å². The lowest BCUT2D eigenvalue weighted by atomic mass is 10.2. The number of methoxy groups -OCH3 is 1. The molecule has 0 unspecified atom stereocenters. The van der Waals surface area contributed by atoms with Crippen molar-refractivity contribution >= 4 is 44.5 Å². The number of hydrogen-bond acceptors (Lipinski definition) is 6. The van der Waals surface area contributed by atoms with E-state index in [0.29, 0.717) is 33.2 Å². The first-order chi connectivity index (χ1) is 12.6. The fourth-order valence-corrected chi connectivity index (χ4v) is 2.90. The second-order valence-corrected chi connectivity index (χ2v) is 6.58. The molecule has 0 aromatic heterocycles. The van der Waals surface area contributed by atoms with Crippen LogP contribution in [0.25, 0.3) is 0 Å². The van der Waals surface area contributed by atoms with Crippen LogP contribution < -0.4 is 10.1 Å². The molecule has 2 rings (SSSR count). The minimum Gasteiger partial charge on any atom is -0.487 e. The lowest BCUT2D eigenvalue weighted by Crippen LogP contribution is -2.12. The fourth-order valence-electron chi connectivity index (χ4n) is 2.04. The van der Waals surface area contributed by atoms with Crippen molar-refractivity contribution < 1.29 is 14.3 Å². The molecule has 0 heterocycles. The maximum absolute atomic E-state index is 11.9. The van der Waals surface area contributed by atoms with E-state index in [1.165, 1.54) is 18.9 Å². The SMILES string of the molecule is COC(=O)c1cc(Br)c(N=C(NC#N)SC)c(OCc2ccccc2)c1. The van der Waals surface area contributed by atoms with E-state index in [1.54, 1.807) is 18.4 Å². The first-order valence-electron chi connectivity index (χ1n) is 7.45. The normalized spacial score (nSPS) is 10.8. The van der Waals surface area contributed by atoms with Crippen LogP contribution in [0, 0.1) is 11.5 Å². The molecule has 0 atom stereocenters. The van der Waals surface area contributed by atoms with Crippen LogP contribution in [0.2, 0.25) is 0 Å². The fraction of sp³-hybridized carbons (Fsp3) is 0.167. The number of aliphatic imine (C=N–C) groups is 1. The molecule has 0 saturated carbocycles. The third kappa shape index (κ3) is 5.25. The van der Waals surface area contributed by atoms with Crippen LogP contribution in [0.1, 0.15) is 15.9 Å². The van der Waals surface area contributed by atoms with Crippen LogP contribution in [0.15, 0.2) is 51.9 Å². The largest absolute Gasteiger partial charge is 0.487 e. The van der Waals surface area contributed by atoms with Gasteiger partial charge in [0.05, 0.1) is 12.7 Å². The number of halogens is 1. The molecule has 0 aliphatic rings. The summed E-state index contributed by atoms with van der Waals surface area (Å²) < 4.78 is 11.2. The van der Waals surface area contributed by atoms with Gasteiger partial charge < -0.3 is 9.47 Å². The van der Waals surface area contributed by atoms with Gasteiger partial charge in [-0.25, -0.2) is 9.79 Å². The van der Waals surface area contributed by atoms with Crippen molar-refractivity contribution in [3.63, 3.8) is 0 Å². The van der Waals surface area contributed by atoms with Gasteiger partial charge in [0.2, 0.25) is 0 Å². The molecule has 1 N–H and O–H groups in total. The third-order valence-corrected chi connectivity index (χ3v) is 4.44. The van der Waals surface area contributed by atoms with Crippen molar-refractivity contribution in [2.24, 2.45) is 4.99 Å². The molecule has 2 aromatic rings. The molecule has 0 fully saturated rings. The molecule has 0 amide bonds. The van der Waals surface area contributed by atoms with Gasteiger partial charge in [0.1, 0.15) is 18.0 Å². The number of amidine groups is 1. The molecule has 0 aliphatic heterocycles. The Morgan fingerprint density at radius 1 is 1.35 bits per heavy atom. The Kier molecular flexibility index (Phi) is 7.51. The number of nitrogens with one attached hydrogen (secondary N) is 1. The molecule has 0 aliphatic carbocycles. The van der Waals surface area contributed by atoms with Gasteiger partial charge in [0.25, 0.3) is 0 Å². The zero-order valence-corrected chi connectivity index (χ0v) is 16.6. The molecule has 0 saturated heterocycles. The maximum atomic E-state index is 11.9. The minimum atomic E-state index is -0.481. The molecule has 26 heavy (non-hydrogen) atoms. The Hall–Kier alpha value is -2.50. The summed E-state index contributed by atoms with van der Waals surface area (Å²) in [5.41, 5.74) is 1.78. The van der Waals surface area contributed by atoms with E-state index in [0.717, 1.165) is 5.56 Å². The van der Waals surface area contributed by atoms with E-state index in [4.69, 9.17) is 14.7 Å². The maximum Gasteiger partial charge on any atom is 0.338 e. The van der Waals surface area contributed by atoms with Crippen LogP contribution in [0.4, 0.5) is 5.69 Å². The number of ether oxygens (including phenoxy) is 2. The number of nitriles is 1. The number of nitrogens with zero attached hydrogens (tertiary/aromatic N) is 2. The van der Waals surface area contributed by atoms with Crippen molar-refractivity contribution in [3.05, 3.63) is 58.1 Å². The number of esters is 1. The molecular formula is C18H16BrN3O3S. The van der Waals surface area contributed by atoms with Crippen LogP contribution in [0.3, 0.4) is 0 Å². The third-order valence-electron chi connectivity index (χ3n) is 3.26. The molecule has 6 nitrogen and oxygen atoms in total. The number of carbonyl (C=O) groups is 1. The van der Waals surface area contributed by atoms with E-state index >= 15 is 0 Å². The summed E-state index contributed by atoms with van der Waals surface area (Å²) in [6, 6.07) is 12.8. The van der Waals surface area contributed by atoms with Gasteiger partial charge in [-0.05, 0) is 39.9 Å². The monoisotopic (exact) mass is 433 g/mol. The Labute approximate surface area is 164 Å². The summed E-state index contributed by atoms with van der Waals surface area (Å²) in [4.78, 5) is 16.3. The summed E-state index contributed by atoms with van der Waals surface area (Å²) >= 11 is 4.70. The standard InChI is InChI=1S/C18H16BrN3O3S/c1-24-17(23)13-8-14(19)16(22-18(26-2)21-11-20)15(9-13)25-10-12-6-4-3-5-7-12/h3-9H,10H2,1-2H3,(H,21,22). The van der Waals surface area contributed by atoms with Crippen LogP contribution in [0.5, 0.6) is 5.75 Å². The smallest absolute Gasteiger partial charge is 0.338 e. The summed E-state index contributed by atoms with van der Waals surface area (Å²) in [6.45, 7) is 0.306. The zero-order valence-electron chi connectivity index (χ0n) is 14.2. The van der Waals surface area contributed by atoms with Gasteiger partial charge in [-0.2, -0.15) is 5.26 Å². The van der Waals surface area contributed by atoms with Crippen molar-refractivity contribution in [3.8, 4) is 11.9 Å². The molecule has 0 bridgehead atoms. The quantitative estimate of drug-likeness (QED) is 0.249. The summed E-state index contributed by atoms with van der Waals surface area (Å²) in [7, 11) is 1.31. The highest BCUT2D eigenvalue weighted by Crippen LogP contribution is 2.38. The average Bonchev–Trinajstić information content (AvgIpc) is 2.67. The van der Waals surface area contributed by atoms with Crippen molar-refractivity contribution in [1.82, 2.24) is 5.32 Å². The highest BCUT2D eigenvalue weighted by atomic mass is 79.9.